The summed E-state index contributed by atoms with van der Waals surface area (Å²) in [5.74, 6) is -0.539. The van der Waals surface area contributed by atoms with E-state index in [0.29, 0.717) is 12.1 Å². The van der Waals surface area contributed by atoms with Crippen LogP contribution >= 0.6 is 11.8 Å². The van der Waals surface area contributed by atoms with Crippen molar-refractivity contribution in [1.29, 1.82) is 15.8 Å². The summed E-state index contributed by atoms with van der Waals surface area (Å²) >= 11 is 1.64. The molecule has 0 amide bonds. The molecule has 0 aromatic heterocycles. The smallest absolute Gasteiger partial charge is 0.191 e. The van der Waals surface area contributed by atoms with E-state index in [1.54, 1.807) is 11.8 Å². The zero-order valence-corrected chi connectivity index (χ0v) is 17.0. The molecule has 1 aliphatic carbocycles. The van der Waals surface area contributed by atoms with Crippen LogP contribution in [0.3, 0.4) is 0 Å². The van der Waals surface area contributed by atoms with Gasteiger partial charge in [0.25, 0.3) is 0 Å². The SMILES string of the molecule is CCCN1CC=C2C(C#N)=C(N)C(C#N)(C#N)[C@H](c3ccc(SC)cc3)[C@H]2C1. The van der Waals surface area contributed by atoms with Crippen molar-refractivity contribution in [2.24, 2.45) is 17.1 Å². The van der Waals surface area contributed by atoms with Crippen LogP contribution in [-0.4, -0.2) is 30.8 Å². The van der Waals surface area contributed by atoms with E-state index in [1.165, 1.54) is 0 Å². The maximum absolute atomic E-state index is 10.1. The lowest BCUT2D eigenvalue weighted by molar-refractivity contribution is 0.207. The van der Waals surface area contributed by atoms with E-state index < -0.39 is 11.3 Å². The molecule has 1 aliphatic heterocycles. The van der Waals surface area contributed by atoms with Gasteiger partial charge in [0.1, 0.15) is 6.07 Å². The van der Waals surface area contributed by atoms with Crippen LogP contribution in [0.4, 0.5) is 0 Å². The van der Waals surface area contributed by atoms with Gasteiger partial charge >= 0.3 is 0 Å². The van der Waals surface area contributed by atoms with Crippen LogP contribution in [0.1, 0.15) is 24.8 Å². The van der Waals surface area contributed by atoms with E-state index in [9.17, 15) is 15.8 Å². The zero-order valence-electron chi connectivity index (χ0n) is 16.1. The molecule has 142 valence electrons. The Morgan fingerprint density at radius 3 is 2.43 bits per heavy atom. The summed E-state index contributed by atoms with van der Waals surface area (Å²) in [6, 6.07) is 14.6. The summed E-state index contributed by atoms with van der Waals surface area (Å²) < 4.78 is 0. The largest absolute Gasteiger partial charge is 0.399 e. The average Bonchev–Trinajstić information content (AvgIpc) is 2.73. The van der Waals surface area contributed by atoms with Crippen molar-refractivity contribution in [3.63, 3.8) is 0 Å². The minimum Gasteiger partial charge on any atom is -0.399 e. The fourth-order valence-corrected chi connectivity index (χ4v) is 4.83. The molecule has 0 saturated carbocycles. The van der Waals surface area contributed by atoms with Crippen LogP contribution in [0, 0.1) is 45.3 Å². The Kier molecular flexibility index (Phi) is 5.80. The van der Waals surface area contributed by atoms with Crippen molar-refractivity contribution in [3.05, 3.63) is 52.7 Å². The van der Waals surface area contributed by atoms with E-state index >= 15 is 0 Å². The van der Waals surface area contributed by atoms with Gasteiger partial charge in [0.2, 0.25) is 0 Å². The summed E-state index contributed by atoms with van der Waals surface area (Å²) in [5, 5.41) is 29.9. The number of nitriles is 3. The Balaban J connectivity index is 2.23. The van der Waals surface area contributed by atoms with Crippen molar-refractivity contribution < 1.29 is 0 Å². The highest BCUT2D eigenvalue weighted by molar-refractivity contribution is 7.98. The Bertz CT molecular complexity index is 925. The Hall–Kier alpha value is -2.72. The number of hydrogen-bond donors (Lipinski definition) is 1. The Morgan fingerprint density at radius 1 is 1.21 bits per heavy atom. The zero-order chi connectivity index (χ0) is 20.3. The van der Waals surface area contributed by atoms with Crippen LogP contribution in [-0.2, 0) is 0 Å². The monoisotopic (exact) mass is 389 g/mol. The summed E-state index contributed by atoms with van der Waals surface area (Å²) in [6.45, 7) is 4.53. The van der Waals surface area contributed by atoms with Gasteiger partial charge in [0.15, 0.2) is 5.41 Å². The second kappa shape index (κ2) is 8.11. The van der Waals surface area contributed by atoms with Gasteiger partial charge < -0.3 is 5.73 Å². The van der Waals surface area contributed by atoms with Crippen LogP contribution in [0.15, 0.2) is 52.1 Å². The van der Waals surface area contributed by atoms with Gasteiger partial charge in [0, 0.05) is 29.8 Å². The van der Waals surface area contributed by atoms with E-state index in [2.05, 4.69) is 36.1 Å². The molecule has 5 nitrogen and oxygen atoms in total. The van der Waals surface area contributed by atoms with Crippen molar-refractivity contribution in [3.8, 4) is 18.2 Å². The third-order valence-corrected chi connectivity index (χ3v) is 6.50. The summed E-state index contributed by atoms with van der Waals surface area (Å²) in [7, 11) is 0. The molecule has 2 aliphatic rings. The maximum atomic E-state index is 10.1. The molecular weight excluding hydrogens is 366 g/mol. The number of allylic oxidation sites excluding steroid dienone is 2. The molecule has 0 radical (unpaired) electrons. The van der Waals surface area contributed by atoms with Crippen LogP contribution in [0.25, 0.3) is 0 Å². The van der Waals surface area contributed by atoms with Gasteiger partial charge in [-0.1, -0.05) is 25.1 Å². The molecule has 1 aromatic rings. The summed E-state index contributed by atoms with van der Waals surface area (Å²) in [6.07, 6.45) is 5.08. The fraction of sp³-hybridized carbons (Fsp3) is 0.409. The lowest BCUT2D eigenvalue weighted by Gasteiger charge is -2.45. The molecule has 0 unspecified atom stereocenters. The summed E-state index contributed by atoms with van der Waals surface area (Å²) in [4.78, 5) is 3.43. The van der Waals surface area contributed by atoms with Gasteiger partial charge in [-0.15, -0.1) is 11.8 Å². The molecule has 3 rings (SSSR count). The van der Waals surface area contributed by atoms with E-state index in [1.807, 2.05) is 30.5 Å². The first-order valence-corrected chi connectivity index (χ1v) is 10.6. The minimum absolute atomic E-state index is 0.0883. The number of benzene rings is 1. The molecule has 28 heavy (non-hydrogen) atoms. The van der Waals surface area contributed by atoms with Crippen molar-refractivity contribution in [1.82, 2.24) is 4.90 Å². The standard InChI is InChI=1S/C22H23N5S/c1-3-9-27-10-8-17-18(11-23)21(26)22(13-24,14-25)20(19(17)12-27)15-4-6-16(28-2)7-5-15/h4-8,19-20H,3,9-10,12,26H2,1-2H3/t19-,20+/m0/s1. The molecule has 2 N–H and O–H groups in total. The van der Waals surface area contributed by atoms with Gasteiger partial charge in [0.05, 0.1) is 23.4 Å². The molecular formula is C22H23N5S. The average molecular weight is 390 g/mol. The summed E-state index contributed by atoms with van der Waals surface area (Å²) in [5.41, 5.74) is 6.96. The lowest BCUT2D eigenvalue weighted by Crippen LogP contribution is -2.48. The second-order valence-electron chi connectivity index (χ2n) is 7.21. The Labute approximate surface area is 170 Å². The maximum Gasteiger partial charge on any atom is 0.191 e. The first-order valence-electron chi connectivity index (χ1n) is 9.35. The quantitative estimate of drug-likeness (QED) is 0.791. The highest BCUT2D eigenvalue weighted by Gasteiger charge is 2.54. The number of rotatable bonds is 4. The topological polar surface area (TPSA) is 101 Å². The molecule has 1 heterocycles. The molecule has 1 aromatic carbocycles. The van der Waals surface area contributed by atoms with Gasteiger partial charge in [-0.25, -0.2) is 0 Å². The molecule has 0 saturated heterocycles. The molecule has 0 fully saturated rings. The van der Waals surface area contributed by atoms with Crippen molar-refractivity contribution >= 4 is 11.8 Å². The van der Waals surface area contributed by atoms with Crippen LogP contribution < -0.4 is 5.73 Å². The highest BCUT2D eigenvalue weighted by Crippen LogP contribution is 2.54. The van der Waals surface area contributed by atoms with Gasteiger partial charge in [-0.3, -0.25) is 4.90 Å². The number of fused-ring (bicyclic) bond motifs is 1. The third-order valence-electron chi connectivity index (χ3n) is 5.75. The van der Waals surface area contributed by atoms with Crippen molar-refractivity contribution in [2.75, 3.05) is 25.9 Å². The first kappa shape index (κ1) is 20.0. The number of nitrogens with zero attached hydrogens (tertiary/aromatic N) is 4. The minimum atomic E-state index is -1.55. The van der Waals surface area contributed by atoms with E-state index in [0.717, 1.165) is 35.5 Å². The number of thioether (sulfide) groups is 1. The van der Waals surface area contributed by atoms with E-state index in [-0.39, 0.29) is 11.6 Å². The molecule has 6 heteroatoms. The predicted molar refractivity (Wildman–Crippen MR) is 110 cm³/mol. The van der Waals surface area contributed by atoms with Crippen LogP contribution in [0.5, 0.6) is 0 Å². The third kappa shape index (κ3) is 3.08. The first-order chi connectivity index (χ1) is 13.6. The second-order valence-corrected chi connectivity index (χ2v) is 8.09. The normalized spacial score (nSPS) is 23.8. The molecule has 0 spiro atoms. The molecule has 2 atom stereocenters. The van der Waals surface area contributed by atoms with Crippen molar-refractivity contribution in [2.45, 2.75) is 24.2 Å². The highest BCUT2D eigenvalue weighted by atomic mass is 32.2. The lowest BCUT2D eigenvalue weighted by atomic mass is 9.58. The number of hydrogen-bond acceptors (Lipinski definition) is 6. The Morgan fingerprint density at radius 2 is 1.89 bits per heavy atom. The molecule has 0 bridgehead atoms. The van der Waals surface area contributed by atoms with Crippen LogP contribution in [0.2, 0.25) is 0 Å². The fourth-order valence-electron chi connectivity index (χ4n) is 4.43. The van der Waals surface area contributed by atoms with Gasteiger partial charge in [-0.05, 0) is 42.5 Å². The predicted octanol–water partition coefficient (Wildman–Crippen LogP) is 3.54. The number of nitrogens with two attached hydrogens (primary N) is 1. The van der Waals surface area contributed by atoms with Gasteiger partial charge in [-0.2, -0.15) is 15.8 Å². The van der Waals surface area contributed by atoms with E-state index in [4.69, 9.17) is 5.73 Å².